The number of rotatable bonds is 12. The molecule has 0 aliphatic heterocycles. The number of amides is 2. The molecular formula is C19H25N3O10P2. The van der Waals surface area contributed by atoms with Gasteiger partial charge in [0.2, 0.25) is 5.91 Å². The minimum atomic E-state index is -4.74. The lowest BCUT2D eigenvalue weighted by atomic mass is 10.1. The van der Waals surface area contributed by atoms with Crippen LogP contribution in [0.25, 0.3) is 0 Å². The molecule has 2 rings (SSSR count). The Morgan fingerprint density at radius 1 is 0.853 bits per heavy atom. The van der Waals surface area contributed by atoms with Gasteiger partial charge in [0.15, 0.2) is 0 Å². The molecule has 0 radical (unpaired) electrons. The van der Waals surface area contributed by atoms with Crippen molar-refractivity contribution in [2.24, 2.45) is 5.73 Å². The first kappa shape index (κ1) is 27.5. The standard InChI is InChI=1S/C19H25N3O10P2/c20-12-2-1-3-17(19(24)21-14-6-10-16(11-7-14)32-34(28,29)30)22-18(23)13-4-8-15(9-5-13)31-33(25,26)27/h4-11,17H,1-3,12,20H2,(H,21,24)(H,22,23)(H2,25,26,27)(H2,28,29,30). The van der Waals surface area contributed by atoms with Crippen LogP contribution in [0.2, 0.25) is 0 Å². The Kier molecular flexibility index (Phi) is 9.77. The average molecular weight is 517 g/mol. The second-order valence-electron chi connectivity index (χ2n) is 7.01. The molecule has 2 amide bonds. The second-order valence-corrected chi connectivity index (χ2v) is 9.34. The number of hydrogen-bond acceptors (Lipinski definition) is 7. The van der Waals surface area contributed by atoms with Crippen molar-refractivity contribution in [1.29, 1.82) is 0 Å². The van der Waals surface area contributed by atoms with Crippen LogP contribution in [0, 0.1) is 0 Å². The first-order valence-electron chi connectivity index (χ1n) is 9.88. The second kappa shape index (κ2) is 12.1. The van der Waals surface area contributed by atoms with E-state index in [2.05, 4.69) is 19.7 Å². The largest absolute Gasteiger partial charge is 0.524 e. The molecule has 0 saturated heterocycles. The fourth-order valence-corrected chi connectivity index (χ4v) is 3.57. The van der Waals surface area contributed by atoms with Gasteiger partial charge in [0.05, 0.1) is 0 Å². The van der Waals surface area contributed by atoms with Crippen LogP contribution in [0.3, 0.4) is 0 Å². The van der Waals surface area contributed by atoms with Gasteiger partial charge in [-0.05, 0) is 74.3 Å². The Bertz CT molecular complexity index is 1070. The van der Waals surface area contributed by atoms with Crippen molar-refractivity contribution in [2.75, 3.05) is 11.9 Å². The quantitative estimate of drug-likeness (QED) is 0.158. The maximum atomic E-state index is 12.8. The average Bonchev–Trinajstić information content (AvgIpc) is 2.72. The Morgan fingerprint density at radius 3 is 1.82 bits per heavy atom. The van der Waals surface area contributed by atoms with Crippen molar-refractivity contribution in [3.8, 4) is 11.5 Å². The predicted molar refractivity (Wildman–Crippen MR) is 121 cm³/mol. The number of unbranched alkanes of at least 4 members (excludes halogenated alkanes) is 1. The van der Waals surface area contributed by atoms with Crippen LogP contribution in [0.5, 0.6) is 11.5 Å². The molecule has 0 aromatic heterocycles. The van der Waals surface area contributed by atoms with Crippen molar-refractivity contribution in [3.63, 3.8) is 0 Å². The summed E-state index contributed by atoms with van der Waals surface area (Å²) in [6.45, 7) is 0.407. The maximum Gasteiger partial charge on any atom is 0.524 e. The highest BCUT2D eigenvalue weighted by atomic mass is 31.2. The molecule has 0 aliphatic rings. The number of carbonyl (C=O) groups excluding carboxylic acids is 2. The van der Waals surface area contributed by atoms with Crippen LogP contribution in [0.4, 0.5) is 5.69 Å². The number of nitrogens with one attached hydrogen (secondary N) is 2. The van der Waals surface area contributed by atoms with Gasteiger partial charge in [-0.25, -0.2) is 9.13 Å². The van der Waals surface area contributed by atoms with E-state index < -0.39 is 33.5 Å². The zero-order valence-corrected chi connectivity index (χ0v) is 19.5. The highest BCUT2D eigenvalue weighted by Gasteiger charge is 2.22. The van der Waals surface area contributed by atoms with Crippen LogP contribution < -0.4 is 25.4 Å². The number of hydrogen-bond donors (Lipinski definition) is 7. The monoisotopic (exact) mass is 517 g/mol. The Morgan fingerprint density at radius 2 is 1.35 bits per heavy atom. The number of anilines is 1. The van der Waals surface area contributed by atoms with E-state index in [9.17, 15) is 18.7 Å². The minimum Gasteiger partial charge on any atom is -0.404 e. The molecule has 2 aromatic rings. The fraction of sp³-hybridized carbons (Fsp3) is 0.263. The van der Waals surface area contributed by atoms with Crippen LogP contribution in [-0.2, 0) is 13.9 Å². The minimum absolute atomic E-state index is 0.0923. The molecule has 0 fully saturated rings. The molecule has 34 heavy (non-hydrogen) atoms. The molecule has 2 aromatic carbocycles. The Hall–Kier alpha value is -2.76. The molecular weight excluding hydrogens is 492 g/mol. The van der Waals surface area contributed by atoms with Gasteiger partial charge in [-0.1, -0.05) is 0 Å². The summed E-state index contributed by atoms with van der Waals surface area (Å²) in [5.41, 5.74) is 5.94. The van der Waals surface area contributed by atoms with Gasteiger partial charge in [0.1, 0.15) is 17.5 Å². The molecule has 186 valence electrons. The van der Waals surface area contributed by atoms with Crippen molar-refractivity contribution >= 4 is 33.1 Å². The Balaban J connectivity index is 2.07. The molecule has 0 saturated carbocycles. The summed E-state index contributed by atoms with van der Waals surface area (Å²) in [6, 6.07) is 9.33. The van der Waals surface area contributed by atoms with E-state index in [-0.39, 0.29) is 23.5 Å². The highest BCUT2D eigenvalue weighted by Crippen LogP contribution is 2.38. The third-order valence-corrected chi connectivity index (χ3v) is 5.15. The summed E-state index contributed by atoms with van der Waals surface area (Å²) in [4.78, 5) is 60.7. The Labute approximate surface area is 194 Å². The zero-order chi connectivity index (χ0) is 25.4. The summed E-state index contributed by atoms with van der Waals surface area (Å²) in [7, 11) is -9.45. The van der Waals surface area contributed by atoms with E-state index in [0.29, 0.717) is 25.1 Å². The van der Waals surface area contributed by atoms with Crippen LogP contribution in [0.1, 0.15) is 29.6 Å². The molecule has 1 unspecified atom stereocenters. The predicted octanol–water partition coefficient (Wildman–Crippen LogP) is 1.50. The van der Waals surface area contributed by atoms with E-state index in [1.54, 1.807) is 0 Å². The lowest BCUT2D eigenvalue weighted by Crippen LogP contribution is -2.43. The van der Waals surface area contributed by atoms with Gasteiger partial charge >= 0.3 is 15.6 Å². The van der Waals surface area contributed by atoms with Gasteiger partial charge in [-0.3, -0.25) is 29.2 Å². The number of benzene rings is 2. The van der Waals surface area contributed by atoms with Crippen molar-refractivity contribution in [3.05, 3.63) is 54.1 Å². The summed E-state index contributed by atoms with van der Waals surface area (Å²) >= 11 is 0. The van der Waals surface area contributed by atoms with Crippen molar-refractivity contribution in [2.45, 2.75) is 25.3 Å². The third-order valence-electron chi connectivity index (χ3n) is 4.26. The van der Waals surface area contributed by atoms with Crippen molar-refractivity contribution < 1.29 is 47.3 Å². The van der Waals surface area contributed by atoms with Crippen LogP contribution in [0.15, 0.2) is 48.5 Å². The number of nitrogens with two attached hydrogens (primary N) is 1. The van der Waals surface area contributed by atoms with Gasteiger partial charge in [-0.15, -0.1) is 0 Å². The fourth-order valence-electron chi connectivity index (χ4n) is 2.77. The highest BCUT2D eigenvalue weighted by molar-refractivity contribution is 7.47. The zero-order valence-electron chi connectivity index (χ0n) is 17.7. The molecule has 8 N–H and O–H groups in total. The lowest BCUT2D eigenvalue weighted by Gasteiger charge is -2.19. The van der Waals surface area contributed by atoms with E-state index in [1.165, 1.54) is 48.5 Å². The molecule has 1 atom stereocenters. The van der Waals surface area contributed by atoms with Crippen LogP contribution >= 0.6 is 15.6 Å². The van der Waals surface area contributed by atoms with Gasteiger partial charge < -0.3 is 25.4 Å². The summed E-state index contributed by atoms with van der Waals surface area (Å²) in [6.07, 6.45) is 1.47. The number of carbonyl (C=O) groups is 2. The first-order valence-corrected chi connectivity index (χ1v) is 12.9. The van der Waals surface area contributed by atoms with Crippen molar-refractivity contribution in [1.82, 2.24) is 5.32 Å². The van der Waals surface area contributed by atoms with Crippen LogP contribution in [-0.4, -0.2) is 44.0 Å². The van der Waals surface area contributed by atoms with E-state index in [1.807, 2.05) is 0 Å². The molecule has 0 heterocycles. The van der Waals surface area contributed by atoms with E-state index >= 15 is 0 Å². The summed E-state index contributed by atoms with van der Waals surface area (Å²) in [5.74, 6) is -1.35. The molecule has 0 spiro atoms. The van der Waals surface area contributed by atoms with Gasteiger partial charge in [0, 0.05) is 11.3 Å². The number of phosphoric ester groups is 2. The lowest BCUT2D eigenvalue weighted by molar-refractivity contribution is -0.118. The molecule has 13 nitrogen and oxygen atoms in total. The van der Waals surface area contributed by atoms with Gasteiger partial charge in [-0.2, -0.15) is 0 Å². The van der Waals surface area contributed by atoms with Gasteiger partial charge in [0.25, 0.3) is 5.91 Å². The summed E-state index contributed by atoms with van der Waals surface area (Å²) in [5, 5.41) is 5.22. The summed E-state index contributed by atoms with van der Waals surface area (Å²) < 4.78 is 30.7. The van der Waals surface area contributed by atoms with E-state index in [0.717, 1.165) is 0 Å². The SMILES string of the molecule is NCCCCC(NC(=O)c1ccc(OP(=O)(O)O)cc1)C(=O)Nc1ccc(OP(=O)(O)O)cc1. The normalized spacial score (nSPS) is 12.5. The smallest absolute Gasteiger partial charge is 0.404 e. The third kappa shape index (κ3) is 10.0. The van der Waals surface area contributed by atoms with E-state index in [4.69, 9.17) is 25.3 Å². The maximum absolute atomic E-state index is 12.8. The topological polar surface area (TPSA) is 218 Å². The molecule has 0 bridgehead atoms. The molecule has 0 aliphatic carbocycles. The molecule has 15 heteroatoms. The first-order chi connectivity index (χ1) is 15.9. The number of phosphoric acid groups is 2.